The van der Waals surface area contributed by atoms with Crippen molar-refractivity contribution in [1.82, 2.24) is 9.99 Å². The molecule has 1 aromatic heterocycles. The van der Waals surface area contributed by atoms with Crippen LogP contribution in [0.5, 0.6) is 0 Å². The molecule has 3 amide bonds. The van der Waals surface area contributed by atoms with Gasteiger partial charge in [0.2, 0.25) is 0 Å². The zero-order chi connectivity index (χ0) is 18.4. The molecule has 0 saturated carbocycles. The van der Waals surface area contributed by atoms with Crippen LogP contribution in [-0.2, 0) is 4.79 Å². The molecule has 0 radical (unpaired) electrons. The average Bonchev–Trinajstić information content (AvgIpc) is 3.03. The maximum Gasteiger partial charge on any atom is 0.405 e. The van der Waals surface area contributed by atoms with Crippen molar-refractivity contribution >= 4 is 23.6 Å². The number of aromatic nitrogens is 1. The van der Waals surface area contributed by atoms with Crippen LogP contribution in [0, 0.1) is 0 Å². The molecular formula is C17H20N4O4. The molecule has 3 N–H and O–H groups in total. The van der Waals surface area contributed by atoms with E-state index in [4.69, 9.17) is 5.11 Å². The lowest BCUT2D eigenvalue weighted by atomic mass is 10.2. The molecule has 0 unspecified atom stereocenters. The number of carboxylic acid groups (broad SMARTS) is 1. The number of nitrogens with one attached hydrogen (secondary N) is 2. The van der Waals surface area contributed by atoms with Crippen LogP contribution >= 0.6 is 0 Å². The van der Waals surface area contributed by atoms with Crippen molar-refractivity contribution in [3.05, 3.63) is 54.4 Å². The third-order valence-electron chi connectivity index (χ3n) is 3.56. The highest BCUT2D eigenvalue weighted by atomic mass is 16.4. The molecule has 0 bridgehead atoms. The van der Waals surface area contributed by atoms with Gasteiger partial charge in [0.05, 0.1) is 0 Å². The molecule has 0 fully saturated rings. The van der Waals surface area contributed by atoms with Crippen LogP contribution in [0.4, 0.5) is 10.5 Å². The summed E-state index contributed by atoms with van der Waals surface area (Å²) in [6, 6.07) is 11.4. The fourth-order valence-electron chi connectivity index (χ4n) is 2.31. The predicted molar refractivity (Wildman–Crippen MR) is 93.2 cm³/mol. The number of anilines is 1. The quantitative estimate of drug-likeness (QED) is 0.744. The van der Waals surface area contributed by atoms with Gasteiger partial charge < -0.3 is 15.3 Å². The minimum Gasteiger partial charge on any atom is -0.465 e. The fraction of sp³-hybridized carbons (Fsp3) is 0.235. The first-order valence-corrected chi connectivity index (χ1v) is 7.78. The van der Waals surface area contributed by atoms with Crippen LogP contribution in [-0.4, -0.2) is 40.3 Å². The maximum absolute atomic E-state index is 12.8. The van der Waals surface area contributed by atoms with E-state index < -0.39 is 18.0 Å². The summed E-state index contributed by atoms with van der Waals surface area (Å²) in [5, 5.41) is 10.7. The van der Waals surface area contributed by atoms with Crippen molar-refractivity contribution in [3.8, 4) is 0 Å². The van der Waals surface area contributed by atoms with E-state index in [9.17, 15) is 14.4 Å². The predicted octanol–water partition coefficient (Wildman–Crippen LogP) is 1.88. The Morgan fingerprint density at radius 3 is 2.44 bits per heavy atom. The zero-order valence-electron chi connectivity index (χ0n) is 14.0. The number of hydrogen-bond acceptors (Lipinski definition) is 3. The van der Waals surface area contributed by atoms with Gasteiger partial charge in [-0.1, -0.05) is 18.2 Å². The summed E-state index contributed by atoms with van der Waals surface area (Å²) in [4.78, 5) is 37.1. The van der Waals surface area contributed by atoms with Crippen molar-refractivity contribution in [3.63, 3.8) is 0 Å². The van der Waals surface area contributed by atoms with Gasteiger partial charge in [-0.3, -0.25) is 19.7 Å². The van der Waals surface area contributed by atoms with Crippen molar-refractivity contribution in [2.24, 2.45) is 0 Å². The van der Waals surface area contributed by atoms with Gasteiger partial charge >= 0.3 is 6.09 Å². The lowest BCUT2D eigenvalue weighted by molar-refractivity contribution is -0.118. The Hall–Kier alpha value is -3.29. The first kappa shape index (κ1) is 18.1. The maximum atomic E-state index is 12.8. The number of rotatable bonds is 6. The van der Waals surface area contributed by atoms with Crippen LogP contribution in [0.1, 0.15) is 24.3 Å². The molecule has 8 nitrogen and oxygen atoms in total. The summed E-state index contributed by atoms with van der Waals surface area (Å²) in [5.74, 6) is -0.853. The Morgan fingerprint density at radius 2 is 1.84 bits per heavy atom. The van der Waals surface area contributed by atoms with Crippen LogP contribution in [0.3, 0.4) is 0 Å². The van der Waals surface area contributed by atoms with Crippen LogP contribution in [0.25, 0.3) is 0 Å². The molecule has 2 rings (SSSR count). The number of hydrogen-bond donors (Lipinski definition) is 3. The number of para-hydroxylation sites is 1. The van der Waals surface area contributed by atoms with Gasteiger partial charge in [-0.05, 0) is 38.1 Å². The number of carbonyl (C=O) groups is 3. The molecular weight excluding hydrogens is 324 g/mol. The fourth-order valence-corrected chi connectivity index (χ4v) is 2.31. The Morgan fingerprint density at radius 1 is 1.16 bits per heavy atom. The van der Waals surface area contributed by atoms with Gasteiger partial charge in [0, 0.05) is 18.4 Å². The second-order valence-electron chi connectivity index (χ2n) is 5.30. The van der Waals surface area contributed by atoms with Crippen LogP contribution < -0.4 is 15.6 Å². The highest BCUT2D eigenvalue weighted by Gasteiger charge is 2.21. The molecule has 0 spiro atoms. The zero-order valence-corrected chi connectivity index (χ0v) is 14.0. The second-order valence-corrected chi connectivity index (χ2v) is 5.30. The highest BCUT2D eigenvalue weighted by Crippen LogP contribution is 2.16. The summed E-state index contributed by atoms with van der Waals surface area (Å²) in [5.41, 5.74) is 3.52. The van der Waals surface area contributed by atoms with E-state index in [0.29, 0.717) is 6.54 Å². The molecule has 0 saturated heterocycles. The van der Waals surface area contributed by atoms with E-state index in [1.165, 1.54) is 17.8 Å². The number of carbonyl (C=O) groups excluding carboxylic acids is 2. The smallest absolute Gasteiger partial charge is 0.405 e. The van der Waals surface area contributed by atoms with E-state index in [1.54, 1.807) is 17.0 Å². The third-order valence-corrected chi connectivity index (χ3v) is 3.56. The van der Waals surface area contributed by atoms with Crippen LogP contribution in [0.15, 0.2) is 48.7 Å². The molecule has 0 aliphatic rings. The van der Waals surface area contributed by atoms with E-state index in [2.05, 4.69) is 10.7 Å². The van der Waals surface area contributed by atoms with Gasteiger partial charge in [0.25, 0.3) is 11.8 Å². The Bertz CT molecular complexity index is 757. The molecule has 1 heterocycles. The summed E-state index contributed by atoms with van der Waals surface area (Å²) in [6.45, 7) is 3.73. The summed E-state index contributed by atoms with van der Waals surface area (Å²) in [6.07, 6.45) is 0.227. The van der Waals surface area contributed by atoms with E-state index in [-0.39, 0.29) is 11.6 Å². The molecule has 0 aliphatic heterocycles. The highest BCUT2D eigenvalue weighted by molar-refractivity contribution is 6.05. The molecule has 2 aromatic rings. The van der Waals surface area contributed by atoms with E-state index in [0.717, 1.165) is 5.69 Å². The second kappa shape index (κ2) is 8.00. The van der Waals surface area contributed by atoms with Crippen molar-refractivity contribution in [2.45, 2.75) is 19.9 Å². The SMILES string of the molecule is CCN(C(=O)c1cccn1NC(=O)[C@H](C)NC(=O)O)c1ccccc1. The standard InChI is InChI=1S/C17H20N4O4/c1-3-20(13-8-5-4-6-9-13)16(23)14-10-7-11-21(14)19-15(22)12(2)18-17(24)25/h4-12,18H,3H2,1-2H3,(H,19,22)(H,24,25)/t12-/m0/s1. The van der Waals surface area contributed by atoms with Gasteiger partial charge in [-0.15, -0.1) is 0 Å². The monoisotopic (exact) mass is 344 g/mol. The van der Waals surface area contributed by atoms with E-state index in [1.807, 2.05) is 37.3 Å². The first-order chi connectivity index (χ1) is 11.9. The Kier molecular flexibility index (Phi) is 5.78. The lowest BCUT2D eigenvalue weighted by Gasteiger charge is -2.22. The average molecular weight is 344 g/mol. The van der Waals surface area contributed by atoms with Gasteiger partial charge in [0.15, 0.2) is 0 Å². The molecule has 1 aromatic carbocycles. The summed E-state index contributed by atoms with van der Waals surface area (Å²) in [7, 11) is 0. The largest absolute Gasteiger partial charge is 0.465 e. The van der Waals surface area contributed by atoms with Crippen molar-refractivity contribution in [1.29, 1.82) is 0 Å². The third kappa shape index (κ3) is 4.37. The Balaban J connectivity index is 2.18. The van der Waals surface area contributed by atoms with Gasteiger partial charge in [-0.25, -0.2) is 4.79 Å². The van der Waals surface area contributed by atoms with Crippen molar-refractivity contribution in [2.75, 3.05) is 16.9 Å². The molecule has 1 atom stereocenters. The Labute approximate surface area is 145 Å². The minimum atomic E-state index is -1.30. The number of nitrogens with zero attached hydrogens (tertiary/aromatic N) is 2. The van der Waals surface area contributed by atoms with Gasteiger partial charge in [0.1, 0.15) is 11.7 Å². The van der Waals surface area contributed by atoms with Crippen molar-refractivity contribution < 1.29 is 19.5 Å². The minimum absolute atomic E-state index is 0.265. The molecule has 0 aliphatic carbocycles. The number of benzene rings is 1. The van der Waals surface area contributed by atoms with Gasteiger partial charge in [-0.2, -0.15) is 0 Å². The topological polar surface area (TPSA) is 104 Å². The normalized spacial score (nSPS) is 11.4. The summed E-state index contributed by atoms with van der Waals surface area (Å²) < 4.78 is 1.29. The molecule has 132 valence electrons. The lowest BCUT2D eigenvalue weighted by Crippen LogP contribution is -2.44. The van der Waals surface area contributed by atoms with Crippen LogP contribution in [0.2, 0.25) is 0 Å². The first-order valence-electron chi connectivity index (χ1n) is 7.78. The molecule has 8 heteroatoms. The molecule has 25 heavy (non-hydrogen) atoms. The number of amides is 3. The van der Waals surface area contributed by atoms with E-state index >= 15 is 0 Å². The summed E-state index contributed by atoms with van der Waals surface area (Å²) >= 11 is 0.